The van der Waals surface area contributed by atoms with Crippen molar-refractivity contribution < 1.29 is 65.3 Å². The van der Waals surface area contributed by atoms with Crippen molar-refractivity contribution >= 4 is 47.2 Å². The number of amides is 6. The number of rotatable bonds is 22. The normalized spacial score (nSPS) is 14.7. The molecule has 0 saturated heterocycles. The maximum Gasteiger partial charge on any atom is 0.410 e. The molecule has 0 aliphatic carbocycles. The molecule has 8 rings (SSSR count). The molecule has 20 nitrogen and oxygen atoms in total. The summed E-state index contributed by atoms with van der Waals surface area (Å²) in [4.78, 5) is 123. The quantitative estimate of drug-likeness (QED) is 0.0367. The number of halogens is 4. The Balaban J connectivity index is 0.925. The van der Waals surface area contributed by atoms with Gasteiger partial charge in [-0.05, 0) is 149 Å². The Morgan fingerprint density at radius 2 is 0.890 bits per heavy atom. The minimum Gasteiger partial charge on any atom is -0.481 e. The van der Waals surface area contributed by atoms with Gasteiger partial charge in [0.05, 0.1) is 11.4 Å². The van der Waals surface area contributed by atoms with E-state index < -0.39 is 116 Å². The second-order valence-corrected chi connectivity index (χ2v) is 28.2. The molecule has 4 atom stereocenters. The van der Waals surface area contributed by atoms with Gasteiger partial charge in [-0.3, -0.25) is 38.6 Å². The molecule has 0 unspecified atom stereocenters. The highest BCUT2D eigenvalue weighted by Gasteiger charge is 2.45. The maximum atomic E-state index is 15.0. The first-order valence-electron chi connectivity index (χ1n) is 32.9. The molecule has 4 heterocycles. The molecule has 2 aliphatic rings. The summed E-state index contributed by atoms with van der Waals surface area (Å²) in [6.45, 7) is 21.2. The first kappa shape index (κ1) is 75.4. The molecule has 0 spiro atoms. The largest absolute Gasteiger partial charge is 0.481 e. The molecule has 24 heteroatoms. The lowest BCUT2D eigenvalue weighted by atomic mass is 9.91. The number of aromatic nitrogens is 2. The highest BCUT2D eigenvalue weighted by molar-refractivity contribution is 6.03. The number of hydrogen-bond acceptors (Lipinski definition) is 12. The number of carbonyl (C=O) groups excluding carboxylic acids is 6. The van der Waals surface area contributed by atoms with Gasteiger partial charge in [-0.15, -0.1) is 0 Å². The van der Waals surface area contributed by atoms with Gasteiger partial charge in [0.15, 0.2) is 0 Å². The standard InChI is InChI=1S/C76H86F4N8O12/c1-15-59(85(13)71(95)99-73(3,4)5)67(91)81-57(69(93)87-43-75(9,10)63-61(87)39-49(65(89)83-63)37-47-25-27-51(77)41-55(47)79)35-45-21-29-53(30-22-45)97-33-19-17-18-20-34-98-54-31-23-46(24-32-54)36-58(82-68(92)60(16-2)86(14)72(96)100-74(6,7)8)70(94)88-44-76(11,12)64-62(88)40-50(66(90)84-64)38-48-26-28-52(78)42-56(48)80/h21-32,39-42,57-60H,15-16,33-38,43-44H2,1-14H3,(H,81,91)(H,82,92)(H,83,89)(H,84,90)/t57-,58-,59-,60-/m0/s1. The Morgan fingerprint density at radius 1 is 0.540 bits per heavy atom. The first-order chi connectivity index (χ1) is 47.0. The van der Waals surface area contributed by atoms with E-state index in [1.807, 2.05) is 27.7 Å². The predicted molar refractivity (Wildman–Crippen MR) is 370 cm³/mol. The van der Waals surface area contributed by atoms with Crippen LogP contribution in [0.2, 0.25) is 0 Å². The van der Waals surface area contributed by atoms with Crippen LogP contribution >= 0.6 is 0 Å². The van der Waals surface area contributed by atoms with Crippen LogP contribution in [0.4, 0.5) is 38.5 Å². The van der Waals surface area contributed by atoms with E-state index in [4.69, 9.17) is 18.9 Å². The average molecular weight is 1380 g/mol. The van der Waals surface area contributed by atoms with E-state index in [2.05, 4.69) is 44.3 Å². The molecule has 2 aliphatic heterocycles. The lowest BCUT2D eigenvalue weighted by Gasteiger charge is -2.31. The number of carbonyl (C=O) groups is 6. The zero-order chi connectivity index (χ0) is 73.3. The molecule has 0 fully saturated rings. The lowest BCUT2D eigenvalue weighted by molar-refractivity contribution is -0.130. The van der Waals surface area contributed by atoms with Crippen molar-refractivity contribution in [1.82, 2.24) is 30.4 Å². The van der Waals surface area contributed by atoms with Gasteiger partial charge >= 0.3 is 12.2 Å². The third-order valence-corrected chi connectivity index (χ3v) is 17.1. The van der Waals surface area contributed by atoms with Crippen molar-refractivity contribution in [1.29, 1.82) is 0 Å². The van der Waals surface area contributed by atoms with Crippen LogP contribution in [0.1, 0.15) is 141 Å². The van der Waals surface area contributed by atoms with E-state index in [9.17, 15) is 55.9 Å². The number of nitrogens with one attached hydrogen (secondary N) is 4. The van der Waals surface area contributed by atoms with Crippen LogP contribution in [0.5, 0.6) is 11.5 Å². The molecule has 0 radical (unpaired) electrons. The Hall–Kier alpha value is -10.4. The van der Waals surface area contributed by atoms with Crippen molar-refractivity contribution in [3.8, 4) is 35.2 Å². The van der Waals surface area contributed by atoms with Gasteiger partial charge in [-0.1, -0.05) is 77.9 Å². The summed E-state index contributed by atoms with van der Waals surface area (Å²) in [7, 11) is 2.89. The molecule has 0 saturated carbocycles. The molecular formula is C76H86F4N8O12. The van der Waals surface area contributed by atoms with E-state index >= 15 is 0 Å². The Morgan fingerprint density at radius 3 is 1.21 bits per heavy atom. The summed E-state index contributed by atoms with van der Waals surface area (Å²) >= 11 is 0. The van der Waals surface area contributed by atoms with Crippen molar-refractivity contribution in [2.24, 2.45) is 0 Å². The lowest BCUT2D eigenvalue weighted by Crippen LogP contribution is -2.56. The summed E-state index contributed by atoms with van der Waals surface area (Å²) in [5.41, 5.74) is -0.956. The van der Waals surface area contributed by atoms with Gasteiger partial charge in [-0.25, -0.2) is 27.2 Å². The fourth-order valence-electron chi connectivity index (χ4n) is 11.9. The van der Waals surface area contributed by atoms with Crippen LogP contribution in [0.25, 0.3) is 0 Å². The van der Waals surface area contributed by atoms with E-state index in [1.165, 1.54) is 58.0 Å². The van der Waals surface area contributed by atoms with Gasteiger partial charge < -0.3 is 49.3 Å². The number of aromatic amines is 2. The average Bonchev–Trinajstić information content (AvgIpc) is 1.60. The highest BCUT2D eigenvalue weighted by Crippen LogP contribution is 2.41. The minimum atomic E-state index is -1.21. The monoisotopic (exact) mass is 1380 g/mol. The summed E-state index contributed by atoms with van der Waals surface area (Å²) in [5, 5.41) is 5.81. The third-order valence-electron chi connectivity index (χ3n) is 17.1. The van der Waals surface area contributed by atoms with Crippen LogP contribution < -0.4 is 41.0 Å². The van der Waals surface area contributed by atoms with Gasteiger partial charge in [0.25, 0.3) is 11.1 Å². The molecule has 2 aromatic heterocycles. The Labute approximate surface area is 579 Å². The first-order valence-corrected chi connectivity index (χ1v) is 32.9. The van der Waals surface area contributed by atoms with Crippen molar-refractivity contribution in [3.63, 3.8) is 0 Å². The molecule has 6 aromatic rings. The van der Waals surface area contributed by atoms with E-state index in [1.54, 1.807) is 104 Å². The summed E-state index contributed by atoms with van der Waals surface area (Å²) < 4.78 is 80.2. The number of pyridine rings is 2. The molecule has 530 valence electrons. The van der Waals surface area contributed by atoms with Crippen molar-refractivity contribution in [2.75, 3.05) is 50.2 Å². The van der Waals surface area contributed by atoms with E-state index in [0.29, 0.717) is 45.4 Å². The van der Waals surface area contributed by atoms with Gasteiger partial charge in [-0.2, -0.15) is 0 Å². The van der Waals surface area contributed by atoms with Crippen molar-refractivity contribution in [3.05, 3.63) is 186 Å². The molecular weight excluding hydrogens is 1290 g/mol. The van der Waals surface area contributed by atoms with Crippen LogP contribution in [0.15, 0.2) is 107 Å². The SMILES string of the molecule is CC[C@@H](C(=O)N[C@@H](Cc1ccc(OCC#CC#CCOc2ccc(C[C@H](NC(=O)[C@H](CC)N(C)C(=O)OC(C)(C)C)C(=O)N3CC(C)(C)c4[nH]c(=O)c(Cc5ccc(F)cc5F)cc43)cc2)cc1)C(=O)N1CC(C)(C)c2[nH]c(=O)c(Cc3ccc(F)cc3F)cc21)N(C)C(=O)OC(C)(C)C. The zero-order valence-electron chi connectivity index (χ0n) is 58.8. The molecule has 6 amide bonds. The van der Waals surface area contributed by atoms with Gasteiger partial charge in [0.1, 0.15) is 83.4 Å². The second kappa shape index (κ2) is 31.2. The molecule has 0 bridgehead atoms. The number of ether oxygens (including phenoxy) is 4. The Bertz CT molecular complexity index is 4050. The molecule has 4 aromatic carbocycles. The molecule has 100 heavy (non-hydrogen) atoms. The zero-order valence-corrected chi connectivity index (χ0v) is 58.8. The summed E-state index contributed by atoms with van der Waals surface area (Å²) in [5.74, 6) is 6.53. The van der Waals surface area contributed by atoms with Crippen LogP contribution in [-0.2, 0) is 65.2 Å². The van der Waals surface area contributed by atoms with E-state index in [0.717, 1.165) is 24.3 Å². The van der Waals surface area contributed by atoms with Gasteiger partial charge in [0, 0.05) is 98.3 Å². The number of fused-ring (bicyclic) bond motifs is 2. The number of nitrogens with zero attached hydrogens (tertiary/aromatic N) is 4. The minimum absolute atomic E-state index is 0.0177. The van der Waals surface area contributed by atoms with Gasteiger partial charge in [0.2, 0.25) is 23.6 Å². The predicted octanol–water partition coefficient (Wildman–Crippen LogP) is 10.3. The van der Waals surface area contributed by atoms with Crippen LogP contribution in [0, 0.1) is 47.0 Å². The number of benzene rings is 4. The van der Waals surface area contributed by atoms with Crippen LogP contribution in [-0.4, -0.2) is 131 Å². The number of H-pyrrole nitrogens is 2. The summed E-state index contributed by atoms with van der Waals surface area (Å²) in [6.07, 6.45) is -1.53. The fraction of sp³-hybridized carbons (Fsp3) is 0.421. The van der Waals surface area contributed by atoms with Crippen molar-refractivity contribution in [2.45, 2.75) is 168 Å². The molecule has 4 N–H and O–H groups in total. The number of likely N-dealkylation sites (N-methyl/N-ethyl adjacent to an activating group) is 2. The third kappa shape index (κ3) is 18.9. The second-order valence-electron chi connectivity index (χ2n) is 28.2. The summed E-state index contributed by atoms with van der Waals surface area (Å²) in [6, 6.07) is 18.3. The van der Waals surface area contributed by atoms with Crippen LogP contribution in [0.3, 0.4) is 0 Å². The van der Waals surface area contributed by atoms with E-state index in [-0.39, 0.29) is 87.1 Å². The maximum absolute atomic E-state index is 15.0. The number of hydrogen-bond donors (Lipinski definition) is 4. The topological polar surface area (TPSA) is 242 Å². The number of anilines is 2. The Kier molecular flexibility index (Phi) is 23.6. The highest BCUT2D eigenvalue weighted by atomic mass is 19.1. The fourth-order valence-corrected chi connectivity index (χ4v) is 11.9. The smallest absolute Gasteiger partial charge is 0.410 e.